The standard InChI is InChI=1S/C18H31N3O8/c1-2-3-9-19-14(22)7-8-15(23)20-10-5-4-6-13(18(28)29)21(11-16(24)25)12-17(26)27/h13H,2-12H2,1H3,(H,19,22)(H,20,23)(H,24,25)(H,26,27)(H,28,29). The number of nitrogens with zero attached hydrogens (tertiary/aromatic N) is 1. The molecule has 0 aliphatic heterocycles. The van der Waals surface area contributed by atoms with Crippen molar-refractivity contribution in [1.29, 1.82) is 0 Å². The van der Waals surface area contributed by atoms with Crippen LogP contribution in [0.5, 0.6) is 0 Å². The summed E-state index contributed by atoms with van der Waals surface area (Å²) >= 11 is 0. The number of carboxylic acid groups (broad SMARTS) is 3. The molecule has 1 unspecified atom stereocenters. The maximum atomic E-state index is 11.7. The average molecular weight is 417 g/mol. The Morgan fingerprint density at radius 2 is 1.28 bits per heavy atom. The lowest BCUT2D eigenvalue weighted by Crippen LogP contribution is -2.46. The molecule has 0 bridgehead atoms. The number of hydrogen-bond acceptors (Lipinski definition) is 6. The Hall–Kier alpha value is -2.69. The topological polar surface area (TPSA) is 173 Å². The second-order valence-corrected chi connectivity index (χ2v) is 6.60. The number of carbonyl (C=O) groups excluding carboxylic acids is 2. The predicted molar refractivity (Wildman–Crippen MR) is 102 cm³/mol. The maximum absolute atomic E-state index is 11.7. The molecule has 5 N–H and O–H groups in total. The molecule has 0 aromatic carbocycles. The molecule has 0 aliphatic carbocycles. The Morgan fingerprint density at radius 1 is 0.793 bits per heavy atom. The minimum absolute atomic E-state index is 0.0472. The largest absolute Gasteiger partial charge is 0.480 e. The van der Waals surface area contributed by atoms with E-state index in [2.05, 4.69) is 10.6 Å². The molecule has 0 radical (unpaired) electrons. The van der Waals surface area contributed by atoms with Gasteiger partial charge in [-0.2, -0.15) is 0 Å². The van der Waals surface area contributed by atoms with E-state index < -0.39 is 37.0 Å². The Balaban J connectivity index is 4.21. The molecule has 11 nitrogen and oxygen atoms in total. The van der Waals surface area contributed by atoms with Crippen molar-refractivity contribution in [3.63, 3.8) is 0 Å². The summed E-state index contributed by atoms with van der Waals surface area (Å²) in [5.41, 5.74) is 0. The van der Waals surface area contributed by atoms with Crippen molar-refractivity contribution in [1.82, 2.24) is 15.5 Å². The van der Waals surface area contributed by atoms with Crippen molar-refractivity contribution in [3.05, 3.63) is 0 Å². The van der Waals surface area contributed by atoms with Crippen LogP contribution in [-0.4, -0.2) is 82.2 Å². The summed E-state index contributed by atoms with van der Waals surface area (Å²) in [5, 5.41) is 32.3. The van der Waals surface area contributed by atoms with Crippen LogP contribution in [0.2, 0.25) is 0 Å². The van der Waals surface area contributed by atoms with E-state index in [9.17, 15) is 29.1 Å². The van der Waals surface area contributed by atoms with E-state index in [1.807, 2.05) is 6.92 Å². The second kappa shape index (κ2) is 15.3. The third-order valence-corrected chi connectivity index (χ3v) is 4.06. The van der Waals surface area contributed by atoms with Gasteiger partial charge in [0.15, 0.2) is 0 Å². The normalized spacial score (nSPS) is 11.7. The van der Waals surface area contributed by atoms with Crippen molar-refractivity contribution in [2.75, 3.05) is 26.2 Å². The number of rotatable bonds is 17. The van der Waals surface area contributed by atoms with Gasteiger partial charge >= 0.3 is 17.9 Å². The molecule has 0 fully saturated rings. The summed E-state index contributed by atoms with van der Waals surface area (Å²) in [6.07, 6.45) is 2.83. The maximum Gasteiger partial charge on any atom is 0.320 e. The highest BCUT2D eigenvalue weighted by Gasteiger charge is 2.28. The Morgan fingerprint density at radius 3 is 1.69 bits per heavy atom. The van der Waals surface area contributed by atoms with E-state index in [0.717, 1.165) is 17.7 Å². The quantitative estimate of drug-likeness (QED) is 0.202. The van der Waals surface area contributed by atoms with Gasteiger partial charge in [0.25, 0.3) is 0 Å². The molecule has 0 heterocycles. The number of nitrogens with one attached hydrogen (secondary N) is 2. The van der Waals surface area contributed by atoms with Gasteiger partial charge in [-0.25, -0.2) is 0 Å². The average Bonchev–Trinajstić information content (AvgIpc) is 2.61. The molecular formula is C18H31N3O8. The molecule has 0 rings (SSSR count). The zero-order valence-corrected chi connectivity index (χ0v) is 16.7. The van der Waals surface area contributed by atoms with Gasteiger partial charge in [0, 0.05) is 25.9 Å². The van der Waals surface area contributed by atoms with E-state index >= 15 is 0 Å². The first kappa shape index (κ1) is 26.3. The lowest BCUT2D eigenvalue weighted by molar-refractivity contribution is -0.149. The fourth-order valence-corrected chi connectivity index (χ4v) is 2.58. The molecule has 2 amide bonds. The van der Waals surface area contributed by atoms with Crippen molar-refractivity contribution in [3.8, 4) is 0 Å². The van der Waals surface area contributed by atoms with Crippen LogP contribution in [-0.2, 0) is 24.0 Å². The van der Waals surface area contributed by atoms with E-state index in [1.165, 1.54) is 0 Å². The second-order valence-electron chi connectivity index (χ2n) is 6.60. The van der Waals surface area contributed by atoms with Gasteiger partial charge in [-0.1, -0.05) is 13.3 Å². The molecule has 0 saturated heterocycles. The highest BCUT2D eigenvalue weighted by atomic mass is 16.4. The lowest BCUT2D eigenvalue weighted by Gasteiger charge is -2.25. The molecular weight excluding hydrogens is 386 g/mol. The molecule has 0 saturated carbocycles. The number of aliphatic carboxylic acids is 3. The van der Waals surface area contributed by atoms with Crippen LogP contribution < -0.4 is 10.6 Å². The number of amides is 2. The summed E-state index contributed by atoms with van der Waals surface area (Å²) < 4.78 is 0. The van der Waals surface area contributed by atoms with E-state index in [-0.39, 0.29) is 37.6 Å². The van der Waals surface area contributed by atoms with Gasteiger partial charge in [-0.3, -0.25) is 28.9 Å². The van der Waals surface area contributed by atoms with Crippen molar-refractivity contribution in [2.24, 2.45) is 0 Å². The van der Waals surface area contributed by atoms with Crippen LogP contribution >= 0.6 is 0 Å². The minimum Gasteiger partial charge on any atom is -0.480 e. The van der Waals surface area contributed by atoms with Crippen LogP contribution in [0.3, 0.4) is 0 Å². The van der Waals surface area contributed by atoms with E-state index in [1.54, 1.807) is 0 Å². The van der Waals surface area contributed by atoms with Crippen molar-refractivity contribution >= 4 is 29.7 Å². The minimum atomic E-state index is -1.32. The van der Waals surface area contributed by atoms with Gasteiger partial charge in [0.1, 0.15) is 6.04 Å². The van der Waals surface area contributed by atoms with Crippen molar-refractivity contribution < 1.29 is 39.3 Å². The number of unbranched alkanes of at least 4 members (excludes halogenated alkanes) is 2. The van der Waals surface area contributed by atoms with Gasteiger partial charge in [-0.05, 0) is 25.7 Å². The Labute approximate surface area is 169 Å². The van der Waals surface area contributed by atoms with E-state index in [0.29, 0.717) is 19.4 Å². The number of carbonyl (C=O) groups is 5. The molecule has 0 aliphatic rings. The number of hydrogen-bond donors (Lipinski definition) is 5. The van der Waals surface area contributed by atoms with Gasteiger partial charge in [0.05, 0.1) is 13.1 Å². The summed E-state index contributed by atoms with van der Waals surface area (Å²) in [6.45, 7) is 1.48. The third-order valence-electron chi connectivity index (χ3n) is 4.06. The summed E-state index contributed by atoms with van der Waals surface area (Å²) in [6, 6.07) is -1.25. The fraction of sp³-hybridized carbons (Fsp3) is 0.722. The summed E-state index contributed by atoms with van der Waals surface area (Å²) in [4.78, 5) is 57.2. The van der Waals surface area contributed by atoms with Gasteiger partial charge < -0.3 is 26.0 Å². The third kappa shape index (κ3) is 14.0. The first-order valence-electron chi connectivity index (χ1n) is 9.61. The molecule has 29 heavy (non-hydrogen) atoms. The first-order valence-corrected chi connectivity index (χ1v) is 9.61. The fourth-order valence-electron chi connectivity index (χ4n) is 2.58. The van der Waals surface area contributed by atoms with Crippen LogP contribution in [0, 0.1) is 0 Å². The Bertz CT molecular complexity index is 551. The number of carboxylic acids is 3. The van der Waals surface area contributed by atoms with Crippen LogP contribution in [0.4, 0.5) is 0 Å². The zero-order chi connectivity index (χ0) is 22.2. The molecule has 0 aromatic heterocycles. The monoisotopic (exact) mass is 417 g/mol. The predicted octanol–water partition coefficient (Wildman–Crippen LogP) is -0.106. The lowest BCUT2D eigenvalue weighted by atomic mass is 10.1. The van der Waals surface area contributed by atoms with E-state index in [4.69, 9.17) is 10.2 Å². The van der Waals surface area contributed by atoms with Gasteiger partial charge in [-0.15, -0.1) is 0 Å². The molecule has 0 spiro atoms. The van der Waals surface area contributed by atoms with Crippen molar-refractivity contribution in [2.45, 2.75) is 57.9 Å². The molecule has 11 heteroatoms. The molecule has 166 valence electrons. The Kier molecular flexibility index (Phi) is 13.8. The SMILES string of the molecule is CCCCNC(=O)CCC(=O)NCCCCC(C(=O)O)N(CC(=O)O)CC(=O)O. The highest BCUT2D eigenvalue weighted by Crippen LogP contribution is 2.10. The van der Waals surface area contributed by atoms with Crippen LogP contribution in [0.1, 0.15) is 51.9 Å². The highest BCUT2D eigenvalue weighted by molar-refractivity contribution is 5.83. The summed E-state index contributed by atoms with van der Waals surface area (Å²) in [5.74, 6) is -4.41. The summed E-state index contributed by atoms with van der Waals surface area (Å²) in [7, 11) is 0. The molecule has 0 aromatic rings. The molecule has 1 atom stereocenters. The first-order chi connectivity index (χ1) is 13.7. The zero-order valence-electron chi connectivity index (χ0n) is 16.7. The van der Waals surface area contributed by atoms with Crippen LogP contribution in [0.25, 0.3) is 0 Å². The smallest absolute Gasteiger partial charge is 0.320 e. The van der Waals surface area contributed by atoms with Crippen LogP contribution in [0.15, 0.2) is 0 Å². The van der Waals surface area contributed by atoms with Gasteiger partial charge in [0.2, 0.25) is 11.8 Å².